The number of allylic oxidation sites excluding steroid dienone is 1. The maximum atomic E-state index is 12.8. The van der Waals surface area contributed by atoms with Gasteiger partial charge in [0.25, 0.3) is 0 Å². The quantitative estimate of drug-likeness (QED) is 0.483. The van der Waals surface area contributed by atoms with Crippen molar-refractivity contribution in [1.82, 2.24) is 0 Å². The molecule has 1 aliphatic carbocycles. The molecule has 0 amide bonds. The average molecular weight is 414 g/mol. The first-order valence-electron chi connectivity index (χ1n) is 8.77. The Morgan fingerprint density at radius 3 is 2.30 bits per heavy atom. The third kappa shape index (κ3) is 3.37. The first-order chi connectivity index (χ1) is 13.2. The molecule has 0 N–H and O–H groups in total. The lowest BCUT2D eigenvalue weighted by molar-refractivity contribution is 0.0978. The normalized spacial score (nSPS) is 15.0. The maximum absolute atomic E-state index is 12.8. The van der Waals surface area contributed by atoms with Crippen molar-refractivity contribution >= 4 is 27.3 Å². The fourth-order valence-corrected chi connectivity index (χ4v) is 4.08. The van der Waals surface area contributed by atoms with Crippen molar-refractivity contribution in [2.75, 3.05) is 0 Å². The number of nitrogens with zero attached hydrogens (tertiary/aromatic N) is 1. The Labute approximate surface area is 166 Å². The topological polar surface area (TPSA) is 40.9 Å². The van der Waals surface area contributed by atoms with E-state index in [1.807, 2.05) is 30.3 Å². The van der Waals surface area contributed by atoms with Crippen LogP contribution in [0.25, 0.3) is 5.57 Å². The Morgan fingerprint density at radius 2 is 1.59 bits per heavy atom. The molecule has 27 heavy (non-hydrogen) atoms. The lowest BCUT2D eigenvalue weighted by Gasteiger charge is -2.10. The van der Waals surface area contributed by atoms with Gasteiger partial charge in [0.2, 0.25) is 0 Å². The van der Waals surface area contributed by atoms with E-state index in [0.29, 0.717) is 17.5 Å². The molecule has 130 valence electrons. The van der Waals surface area contributed by atoms with E-state index in [0.717, 1.165) is 15.6 Å². The monoisotopic (exact) mass is 413 g/mol. The van der Waals surface area contributed by atoms with E-state index in [1.165, 1.54) is 11.1 Å². The fourth-order valence-electron chi connectivity index (χ4n) is 3.58. The van der Waals surface area contributed by atoms with E-state index in [-0.39, 0.29) is 11.7 Å². The van der Waals surface area contributed by atoms with Gasteiger partial charge in [-0.1, -0.05) is 76.6 Å². The predicted molar refractivity (Wildman–Crippen MR) is 111 cm³/mol. The van der Waals surface area contributed by atoms with Gasteiger partial charge in [0.1, 0.15) is 0 Å². The molecule has 3 heteroatoms. The molecule has 3 aromatic rings. The van der Waals surface area contributed by atoms with Gasteiger partial charge in [0.15, 0.2) is 5.78 Å². The highest BCUT2D eigenvalue weighted by molar-refractivity contribution is 9.10. The van der Waals surface area contributed by atoms with E-state index < -0.39 is 0 Å². The van der Waals surface area contributed by atoms with Crippen LogP contribution in [0.4, 0.5) is 0 Å². The first-order valence-corrected chi connectivity index (χ1v) is 9.56. The molecule has 4 rings (SSSR count). The molecule has 0 saturated carbocycles. The highest BCUT2D eigenvalue weighted by Crippen LogP contribution is 2.43. The Hall–Kier alpha value is -2.96. The van der Waals surface area contributed by atoms with Crippen LogP contribution < -0.4 is 0 Å². The molecular weight excluding hydrogens is 398 g/mol. The summed E-state index contributed by atoms with van der Waals surface area (Å²) in [5.41, 5.74) is 5.88. The largest absolute Gasteiger partial charge is 0.294 e. The SMILES string of the molecule is N#Cc1ccc(C(=O)C[C@H]2C=C(c3ccccc3Br)c3ccccc32)cc1. The molecular formula is C24H16BrNO. The van der Waals surface area contributed by atoms with Gasteiger partial charge in [0.05, 0.1) is 11.6 Å². The molecule has 0 unspecified atom stereocenters. The fraction of sp³-hybridized carbons (Fsp3) is 0.0833. The van der Waals surface area contributed by atoms with Gasteiger partial charge in [-0.2, -0.15) is 5.26 Å². The molecule has 0 aliphatic heterocycles. The lowest BCUT2D eigenvalue weighted by atomic mass is 9.93. The second kappa shape index (κ2) is 7.34. The van der Waals surface area contributed by atoms with E-state index >= 15 is 0 Å². The molecule has 0 bridgehead atoms. The second-order valence-corrected chi connectivity index (χ2v) is 7.42. The van der Waals surface area contributed by atoms with Crippen LogP contribution in [-0.4, -0.2) is 5.78 Å². The van der Waals surface area contributed by atoms with Gasteiger partial charge in [0, 0.05) is 22.4 Å². The Balaban J connectivity index is 1.67. The van der Waals surface area contributed by atoms with Crippen LogP contribution in [0.3, 0.4) is 0 Å². The van der Waals surface area contributed by atoms with Crippen molar-refractivity contribution in [3.63, 3.8) is 0 Å². The molecule has 0 radical (unpaired) electrons. The molecule has 0 fully saturated rings. The summed E-state index contributed by atoms with van der Waals surface area (Å²) in [7, 11) is 0. The Kier molecular flexibility index (Phi) is 4.75. The van der Waals surface area contributed by atoms with Crippen LogP contribution in [0, 0.1) is 11.3 Å². The van der Waals surface area contributed by atoms with Crippen molar-refractivity contribution in [2.24, 2.45) is 0 Å². The minimum Gasteiger partial charge on any atom is -0.294 e. The molecule has 3 aromatic carbocycles. The molecule has 2 nitrogen and oxygen atoms in total. The maximum Gasteiger partial charge on any atom is 0.163 e. The molecule has 0 spiro atoms. The van der Waals surface area contributed by atoms with Crippen LogP contribution in [0.5, 0.6) is 0 Å². The number of halogens is 1. The zero-order valence-electron chi connectivity index (χ0n) is 14.5. The molecule has 0 aromatic heterocycles. The number of Topliss-reactive ketones (excluding diaryl/α,β-unsaturated/α-hetero) is 1. The van der Waals surface area contributed by atoms with Crippen molar-refractivity contribution in [3.8, 4) is 6.07 Å². The second-order valence-electron chi connectivity index (χ2n) is 6.57. The zero-order chi connectivity index (χ0) is 18.8. The first kappa shape index (κ1) is 17.5. The van der Waals surface area contributed by atoms with E-state index in [4.69, 9.17) is 5.26 Å². The summed E-state index contributed by atoms with van der Waals surface area (Å²) < 4.78 is 1.05. The number of fused-ring (bicyclic) bond motifs is 1. The van der Waals surface area contributed by atoms with Crippen LogP contribution in [0.15, 0.2) is 83.3 Å². The minimum atomic E-state index is 0.0476. The summed E-state index contributed by atoms with van der Waals surface area (Å²) in [5, 5.41) is 8.92. The van der Waals surface area contributed by atoms with Gasteiger partial charge < -0.3 is 0 Å². The van der Waals surface area contributed by atoms with E-state index in [9.17, 15) is 4.79 Å². The minimum absolute atomic E-state index is 0.0476. The number of hydrogen-bond donors (Lipinski definition) is 0. The van der Waals surface area contributed by atoms with Crippen molar-refractivity contribution in [3.05, 3.63) is 111 Å². The number of ketones is 1. The summed E-state index contributed by atoms with van der Waals surface area (Å²) in [6, 6.07) is 25.4. The van der Waals surface area contributed by atoms with Gasteiger partial charge in [-0.25, -0.2) is 0 Å². The van der Waals surface area contributed by atoms with Gasteiger partial charge in [-0.05, 0) is 40.5 Å². The summed E-state index contributed by atoms with van der Waals surface area (Å²) >= 11 is 3.65. The molecule has 0 saturated heterocycles. The van der Waals surface area contributed by atoms with E-state index in [2.05, 4.69) is 46.3 Å². The van der Waals surface area contributed by atoms with E-state index in [1.54, 1.807) is 24.3 Å². The third-order valence-corrected chi connectivity index (χ3v) is 5.62. The van der Waals surface area contributed by atoms with Crippen LogP contribution in [-0.2, 0) is 0 Å². The van der Waals surface area contributed by atoms with Crippen molar-refractivity contribution in [1.29, 1.82) is 5.26 Å². The number of carbonyl (C=O) groups is 1. The van der Waals surface area contributed by atoms with Crippen LogP contribution in [0.1, 0.15) is 45.0 Å². The molecule has 1 aliphatic rings. The summed E-state index contributed by atoms with van der Waals surface area (Å²) in [5.74, 6) is 0.135. The number of hydrogen-bond acceptors (Lipinski definition) is 2. The number of benzene rings is 3. The lowest BCUT2D eigenvalue weighted by Crippen LogP contribution is -2.05. The predicted octanol–water partition coefficient (Wildman–Crippen LogP) is 6.12. The van der Waals surface area contributed by atoms with Gasteiger partial charge in [-0.15, -0.1) is 0 Å². The molecule has 1 atom stereocenters. The van der Waals surface area contributed by atoms with Crippen LogP contribution in [0.2, 0.25) is 0 Å². The number of rotatable bonds is 4. The summed E-state index contributed by atoms with van der Waals surface area (Å²) in [6.45, 7) is 0. The van der Waals surface area contributed by atoms with Gasteiger partial charge in [-0.3, -0.25) is 4.79 Å². The third-order valence-electron chi connectivity index (χ3n) is 4.92. The van der Waals surface area contributed by atoms with Crippen LogP contribution >= 0.6 is 15.9 Å². The number of nitriles is 1. The number of carbonyl (C=O) groups excluding carboxylic acids is 1. The molecule has 0 heterocycles. The average Bonchev–Trinajstić information content (AvgIpc) is 3.07. The Morgan fingerprint density at radius 1 is 0.926 bits per heavy atom. The standard InChI is InChI=1S/C24H16BrNO/c25-23-8-4-3-7-21(23)22-13-18(19-5-1-2-6-20(19)22)14-24(27)17-11-9-16(15-26)10-12-17/h1-13,18H,14H2/t18-/m1/s1. The Bertz CT molecular complexity index is 1090. The zero-order valence-corrected chi connectivity index (χ0v) is 16.1. The highest BCUT2D eigenvalue weighted by Gasteiger charge is 2.26. The highest BCUT2D eigenvalue weighted by atomic mass is 79.9. The van der Waals surface area contributed by atoms with Crippen molar-refractivity contribution < 1.29 is 4.79 Å². The smallest absolute Gasteiger partial charge is 0.163 e. The van der Waals surface area contributed by atoms with Gasteiger partial charge >= 0.3 is 0 Å². The summed E-state index contributed by atoms with van der Waals surface area (Å²) in [6.07, 6.45) is 2.61. The summed E-state index contributed by atoms with van der Waals surface area (Å²) in [4.78, 5) is 12.8. The van der Waals surface area contributed by atoms with Crippen molar-refractivity contribution in [2.45, 2.75) is 12.3 Å².